The average Bonchev–Trinajstić information content (AvgIpc) is 2.49. The van der Waals surface area contributed by atoms with Crippen molar-refractivity contribution < 1.29 is 113 Å². The molecule has 0 aromatic rings. The summed E-state index contributed by atoms with van der Waals surface area (Å²) in [6.07, 6.45) is -7.86. The SMILES string of the molecule is C[Si](C)(C)[N-]S(=O)(=O)C(F)(F)C(F)(F)C(F)(F)C(F)(F)C(F)(F)C(F)(F)C(F)(F)C(F)(F)F.[Na+]. The summed E-state index contributed by atoms with van der Waals surface area (Å²) in [5.74, 6) is -51.6. The minimum absolute atomic E-state index is 0. The van der Waals surface area contributed by atoms with Crippen LogP contribution in [0.5, 0.6) is 0 Å². The Kier molecular flexibility index (Phi) is 9.60. The first-order valence-electron chi connectivity index (χ1n) is 7.41. The molecule has 0 radical (unpaired) electrons. The second-order valence-corrected chi connectivity index (χ2v) is 13.7. The number of alkyl halides is 17. The molecule has 0 aromatic heterocycles. The number of nitrogens with zero attached hydrogens (tertiary/aromatic N) is 1. The van der Waals surface area contributed by atoms with Gasteiger partial charge in [0.25, 0.3) is 0 Å². The molecule has 0 amide bonds. The Morgan fingerprint density at radius 2 is 0.735 bits per heavy atom. The van der Waals surface area contributed by atoms with Gasteiger partial charge in [-0.05, 0) is 0 Å². The first kappa shape index (κ1) is 36.1. The van der Waals surface area contributed by atoms with Gasteiger partial charge in [0.1, 0.15) is 10.0 Å². The third-order valence-electron chi connectivity index (χ3n) is 3.41. The van der Waals surface area contributed by atoms with E-state index in [9.17, 15) is 83.1 Å². The Morgan fingerprint density at radius 3 is 0.971 bits per heavy atom. The second-order valence-electron chi connectivity index (χ2n) is 7.20. The van der Waals surface area contributed by atoms with Crippen molar-refractivity contribution in [1.29, 1.82) is 0 Å². The molecule has 0 bridgehead atoms. The normalized spacial score (nSPS) is 16.4. The maximum atomic E-state index is 13.7. The van der Waals surface area contributed by atoms with E-state index in [4.69, 9.17) is 0 Å². The first-order valence-corrected chi connectivity index (χ1v) is 12.3. The Morgan fingerprint density at radius 1 is 0.500 bits per heavy atom. The molecule has 0 aromatic carbocycles. The quantitative estimate of drug-likeness (QED) is 0.304. The van der Waals surface area contributed by atoms with Gasteiger partial charge in [-0.15, -0.1) is 0 Å². The molecular formula is C11H9F17NNaO2SSi. The van der Waals surface area contributed by atoms with Crippen LogP contribution < -0.4 is 29.6 Å². The van der Waals surface area contributed by atoms with Crippen LogP contribution in [0.3, 0.4) is 0 Å². The summed E-state index contributed by atoms with van der Waals surface area (Å²) >= 11 is 0. The average molecular weight is 593 g/mol. The van der Waals surface area contributed by atoms with Gasteiger partial charge in [-0.25, -0.2) is 8.42 Å². The van der Waals surface area contributed by atoms with Gasteiger partial charge in [0, 0.05) is 0 Å². The van der Waals surface area contributed by atoms with Gasteiger partial charge in [-0.1, -0.05) is 27.9 Å². The monoisotopic (exact) mass is 593 g/mol. The Bertz CT molecular complexity index is 849. The van der Waals surface area contributed by atoms with Crippen LogP contribution in [0, 0.1) is 0 Å². The summed E-state index contributed by atoms with van der Waals surface area (Å²) in [6.45, 7) is 2.00. The largest absolute Gasteiger partial charge is 1.00 e. The molecule has 34 heavy (non-hydrogen) atoms. The minimum atomic E-state index is -8.83. The molecule has 0 aliphatic heterocycles. The van der Waals surface area contributed by atoms with Crippen molar-refractivity contribution >= 4 is 18.3 Å². The molecule has 200 valence electrons. The first-order chi connectivity index (χ1) is 13.7. The van der Waals surface area contributed by atoms with E-state index in [0.29, 0.717) is 19.6 Å². The fourth-order valence-electron chi connectivity index (χ4n) is 1.73. The fourth-order valence-corrected chi connectivity index (χ4v) is 5.52. The van der Waals surface area contributed by atoms with E-state index in [2.05, 4.69) is 4.39 Å². The van der Waals surface area contributed by atoms with Gasteiger partial charge in [-0.3, -0.25) is 0 Å². The van der Waals surface area contributed by atoms with Crippen LogP contribution in [0.15, 0.2) is 0 Å². The zero-order valence-corrected chi connectivity index (χ0v) is 20.4. The van der Waals surface area contributed by atoms with Crippen LogP contribution in [0.4, 0.5) is 74.6 Å². The molecule has 0 unspecified atom stereocenters. The molecule has 23 heteroatoms. The van der Waals surface area contributed by atoms with E-state index in [-0.39, 0.29) is 29.6 Å². The molecule has 0 heterocycles. The molecule has 0 aliphatic carbocycles. The Hall–Kier alpha value is -0.0631. The summed E-state index contributed by atoms with van der Waals surface area (Å²) in [4.78, 5) is 0. The van der Waals surface area contributed by atoms with E-state index in [1.165, 1.54) is 0 Å². The van der Waals surface area contributed by atoms with Crippen molar-refractivity contribution in [2.24, 2.45) is 0 Å². The smallest absolute Gasteiger partial charge is 0.546 e. The summed E-state index contributed by atoms with van der Waals surface area (Å²) in [5, 5.41) is -7.56. The van der Waals surface area contributed by atoms with Crippen LogP contribution in [0.25, 0.3) is 4.39 Å². The maximum Gasteiger partial charge on any atom is 1.00 e. The van der Waals surface area contributed by atoms with Gasteiger partial charge in [0.05, 0.1) is 0 Å². The van der Waals surface area contributed by atoms with Crippen molar-refractivity contribution in [2.75, 3.05) is 0 Å². The van der Waals surface area contributed by atoms with E-state index >= 15 is 0 Å². The summed E-state index contributed by atoms with van der Waals surface area (Å²) in [6, 6.07) is 0. The zero-order chi connectivity index (χ0) is 27.7. The molecule has 0 N–H and O–H groups in total. The van der Waals surface area contributed by atoms with Crippen LogP contribution in [0.2, 0.25) is 19.6 Å². The van der Waals surface area contributed by atoms with Crippen molar-refractivity contribution in [3.63, 3.8) is 0 Å². The predicted octanol–water partition coefficient (Wildman–Crippen LogP) is 3.50. The second kappa shape index (κ2) is 9.05. The standard InChI is InChI=1S/C11H9F17NO2SSi.Na/c1-33(2,3)29-32(30,31)11(27,28)9(22,23)7(18,19)5(14,15)4(12,13)6(16,17)8(20,21)10(24,25)26;/h1-3H3;/q-1;+1. The minimum Gasteiger partial charge on any atom is -0.546 e. The molecular weight excluding hydrogens is 584 g/mol. The number of hydrogen-bond donors (Lipinski definition) is 0. The number of halogens is 17. The molecule has 0 spiro atoms. The van der Waals surface area contributed by atoms with Crippen molar-refractivity contribution in [2.45, 2.75) is 66.6 Å². The zero-order valence-electron chi connectivity index (χ0n) is 16.6. The molecule has 0 aliphatic rings. The van der Waals surface area contributed by atoms with Gasteiger partial charge < -0.3 is 4.39 Å². The predicted molar refractivity (Wildman–Crippen MR) is 76.3 cm³/mol. The number of sulfonamides is 1. The topological polar surface area (TPSA) is 48.2 Å². The van der Waals surface area contributed by atoms with Gasteiger partial charge in [-0.2, -0.15) is 74.6 Å². The maximum absolute atomic E-state index is 13.7. The summed E-state index contributed by atoms with van der Waals surface area (Å²) in [7, 11) is -11.2. The Balaban J connectivity index is 0. The van der Waals surface area contributed by atoms with Crippen molar-refractivity contribution in [3.8, 4) is 0 Å². The summed E-state index contributed by atoms with van der Waals surface area (Å²) < 4.78 is 247. The van der Waals surface area contributed by atoms with Gasteiger partial charge in [0.15, 0.2) is 0 Å². The van der Waals surface area contributed by atoms with E-state index in [1.54, 1.807) is 0 Å². The fraction of sp³-hybridized carbons (Fsp3) is 1.00. The molecule has 3 nitrogen and oxygen atoms in total. The van der Waals surface area contributed by atoms with E-state index in [0.717, 1.165) is 0 Å². The number of hydrogen-bond acceptors (Lipinski definition) is 2. The molecule has 0 saturated heterocycles. The van der Waals surface area contributed by atoms with Crippen LogP contribution in [-0.2, 0) is 10.0 Å². The molecule has 0 saturated carbocycles. The van der Waals surface area contributed by atoms with Crippen LogP contribution in [-0.4, -0.2) is 63.6 Å². The third kappa shape index (κ3) is 5.03. The number of rotatable bonds is 9. The van der Waals surface area contributed by atoms with Gasteiger partial charge in [0.2, 0.25) is 0 Å². The van der Waals surface area contributed by atoms with Gasteiger partial charge >= 0.3 is 76.5 Å². The third-order valence-corrected chi connectivity index (χ3v) is 7.47. The van der Waals surface area contributed by atoms with Crippen molar-refractivity contribution in [1.82, 2.24) is 0 Å². The summed E-state index contributed by atoms with van der Waals surface area (Å²) in [5.41, 5.74) is 0. The molecule has 0 fully saturated rings. The molecule has 0 rings (SSSR count). The van der Waals surface area contributed by atoms with Crippen molar-refractivity contribution in [3.05, 3.63) is 4.39 Å². The van der Waals surface area contributed by atoms with E-state index < -0.39 is 65.2 Å². The molecule has 0 atom stereocenters. The Labute approximate surface area is 201 Å². The van der Waals surface area contributed by atoms with E-state index in [1.807, 2.05) is 0 Å². The van der Waals surface area contributed by atoms with Crippen LogP contribution in [0.1, 0.15) is 0 Å². The van der Waals surface area contributed by atoms with Crippen LogP contribution >= 0.6 is 0 Å².